The van der Waals surface area contributed by atoms with Gasteiger partial charge in [-0.2, -0.15) is 0 Å². The molecule has 0 aromatic heterocycles. The Bertz CT molecular complexity index is 832. The van der Waals surface area contributed by atoms with Gasteiger partial charge in [0.25, 0.3) is 0 Å². The molecule has 0 saturated carbocycles. The van der Waals surface area contributed by atoms with E-state index in [1.54, 1.807) is 21.3 Å². The molecule has 0 bridgehead atoms. The van der Waals surface area contributed by atoms with Gasteiger partial charge in [-0.25, -0.2) is 0 Å². The highest BCUT2D eigenvalue weighted by atomic mass is 16.5. The topological polar surface area (TPSA) is 55.3 Å². The van der Waals surface area contributed by atoms with E-state index < -0.39 is 0 Å². The summed E-state index contributed by atoms with van der Waals surface area (Å²) in [5.41, 5.74) is 2.39. The highest BCUT2D eigenvalue weighted by Gasteiger charge is 2.21. The molecular formula is C24H35N3O3. The van der Waals surface area contributed by atoms with E-state index in [2.05, 4.69) is 54.3 Å². The van der Waals surface area contributed by atoms with Crippen molar-refractivity contribution < 1.29 is 14.2 Å². The molecule has 0 heterocycles. The van der Waals surface area contributed by atoms with Gasteiger partial charge in [0.2, 0.25) is 0 Å². The number of likely N-dealkylation sites (N-methyl/N-ethyl adjacent to an activating group) is 1. The van der Waals surface area contributed by atoms with Gasteiger partial charge in [-0.3, -0.25) is 4.99 Å². The molecule has 1 N–H and O–H groups in total. The first-order valence-corrected chi connectivity index (χ1v) is 10.1. The lowest BCUT2D eigenvalue weighted by Crippen LogP contribution is -2.44. The van der Waals surface area contributed by atoms with Crippen molar-refractivity contribution in [2.24, 2.45) is 4.99 Å². The lowest BCUT2D eigenvalue weighted by molar-refractivity contribution is 0.354. The number of rotatable bonds is 9. The smallest absolute Gasteiger partial charge is 0.193 e. The number of nitrogens with one attached hydrogen (secondary N) is 1. The van der Waals surface area contributed by atoms with Crippen molar-refractivity contribution >= 4 is 5.96 Å². The van der Waals surface area contributed by atoms with Crippen molar-refractivity contribution in [1.82, 2.24) is 10.2 Å². The maximum absolute atomic E-state index is 5.40. The van der Waals surface area contributed by atoms with Crippen LogP contribution in [0.25, 0.3) is 0 Å². The van der Waals surface area contributed by atoms with Gasteiger partial charge < -0.3 is 24.4 Å². The molecule has 0 atom stereocenters. The van der Waals surface area contributed by atoms with Crippen LogP contribution in [0.4, 0.5) is 0 Å². The van der Waals surface area contributed by atoms with Gasteiger partial charge in [0.1, 0.15) is 5.75 Å². The van der Waals surface area contributed by atoms with Gasteiger partial charge in [0, 0.05) is 32.6 Å². The van der Waals surface area contributed by atoms with E-state index in [-0.39, 0.29) is 5.41 Å². The minimum atomic E-state index is -0.0492. The second-order valence-corrected chi connectivity index (χ2v) is 7.87. The Morgan fingerprint density at radius 1 is 0.967 bits per heavy atom. The van der Waals surface area contributed by atoms with Crippen LogP contribution in [0.5, 0.6) is 17.2 Å². The number of aliphatic imine (C=N–C) groups is 1. The number of benzene rings is 2. The molecule has 0 aliphatic heterocycles. The van der Waals surface area contributed by atoms with Crippen LogP contribution in [0.15, 0.2) is 47.5 Å². The zero-order chi connectivity index (χ0) is 22.1. The fraction of sp³-hybridized carbons (Fsp3) is 0.458. The monoisotopic (exact) mass is 413 g/mol. The van der Waals surface area contributed by atoms with Crippen molar-refractivity contribution in [3.8, 4) is 17.2 Å². The summed E-state index contributed by atoms with van der Waals surface area (Å²) >= 11 is 0. The highest BCUT2D eigenvalue weighted by molar-refractivity contribution is 5.79. The summed E-state index contributed by atoms with van der Waals surface area (Å²) in [6.45, 7) is 6.04. The largest absolute Gasteiger partial charge is 0.497 e. The molecule has 2 aromatic rings. The molecule has 2 rings (SSSR count). The first-order valence-electron chi connectivity index (χ1n) is 10.1. The van der Waals surface area contributed by atoms with Gasteiger partial charge in [0.05, 0.1) is 21.3 Å². The molecule has 0 radical (unpaired) electrons. The normalized spacial score (nSPS) is 11.8. The number of guanidine groups is 1. The molecule has 0 aliphatic carbocycles. The van der Waals surface area contributed by atoms with E-state index in [0.717, 1.165) is 42.7 Å². The van der Waals surface area contributed by atoms with Crippen LogP contribution in [0.3, 0.4) is 0 Å². The first-order chi connectivity index (χ1) is 14.3. The van der Waals surface area contributed by atoms with E-state index in [4.69, 9.17) is 14.2 Å². The van der Waals surface area contributed by atoms with Crippen molar-refractivity contribution in [2.45, 2.75) is 25.7 Å². The summed E-state index contributed by atoms with van der Waals surface area (Å²) in [5, 5.41) is 3.51. The number of hydrogen-bond acceptors (Lipinski definition) is 4. The third-order valence-electron chi connectivity index (χ3n) is 5.32. The molecule has 0 aliphatic rings. The molecule has 0 unspecified atom stereocenters. The van der Waals surface area contributed by atoms with Gasteiger partial charge in [-0.05, 0) is 41.8 Å². The maximum atomic E-state index is 5.40. The number of nitrogens with zero attached hydrogens (tertiary/aromatic N) is 2. The Hall–Kier alpha value is -2.89. The maximum Gasteiger partial charge on any atom is 0.193 e. The molecule has 6 heteroatoms. The fourth-order valence-corrected chi connectivity index (χ4v) is 3.27. The van der Waals surface area contributed by atoms with E-state index >= 15 is 0 Å². The standard InChI is InChI=1S/C24H35N3O3/c1-24(2,19-9-11-20(28-5)12-10-19)17-26-23(25-3)27(4)15-14-18-8-13-21(29-6)22(16-18)30-7/h8-13,16H,14-15,17H2,1-7H3,(H,25,26). The zero-order valence-electron chi connectivity index (χ0n) is 19.3. The van der Waals surface area contributed by atoms with Gasteiger partial charge in [-0.1, -0.05) is 32.0 Å². The SMILES string of the molecule is CN=C(NCC(C)(C)c1ccc(OC)cc1)N(C)CCc1ccc(OC)c(OC)c1. The third kappa shape index (κ3) is 6.05. The van der Waals surface area contributed by atoms with Crippen LogP contribution in [-0.4, -0.2) is 59.4 Å². The third-order valence-corrected chi connectivity index (χ3v) is 5.32. The van der Waals surface area contributed by atoms with Crippen LogP contribution in [0.1, 0.15) is 25.0 Å². The summed E-state index contributed by atoms with van der Waals surface area (Å²) < 4.78 is 16.0. The Morgan fingerprint density at radius 3 is 2.20 bits per heavy atom. The Balaban J connectivity index is 1.95. The van der Waals surface area contributed by atoms with Gasteiger partial charge in [-0.15, -0.1) is 0 Å². The number of hydrogen-bond donors (Lipinski definition) is 1. The van der Waals surface area contributed by atoms with Crippen LogP contribution in [0, 0.1) is 0 Å². The predicted octanol–water partition coefficient (Wildman–Crippen LogP) is 3.74. The van der Waals surface area contributed by atoms with Crippen LogP contribution >= 0.6 is 0 Å². The van der Waals surface area contributed by atoms with E-state index in [0.29, 0.717) is 0 Å². The molecule has 6 nitrogen and oxygen atoms in total. The zero-order valence-corrected chi connectivity index (χ0v) is 19.3. The molecule has 0 fully saturated rings. The first kappa shape index (κ1) is 23.4. The minimum Gasteiger partial charge on any atom is -0.497 e. The van der Waals surface area contributed by atoms with Gasteiger partial charge in [0.15, 0.2) is 17.5 Å². The van der Waals surface area contributed by atoms with E-state index in [1.807, 2.05) is 31.3 Å². The molecule has 164 valence electrons. The average molecular weight is 414 g/mol. The second-order valence-electron chi connectivity index (χ2n) is 7.87. The molecule has 0 saturated heterocycles. The van der Waals surface area contributed by atoms with Crippen LogP contribution < -0.4 is 19.5 Å². The Labute approximate surface area is 180 Å². The number of ether oxygens (including phenoxy) is 3. The van der Waals surface area contributed by atoms with E-state index in [9.17, 15) is 0 Å². The van der Waals surface area contributed by atoms with E-state index in [1.165, 1.54) is 11.1 Å². The Morgan fingerprint density at radius 2 is 1.63 bits per heavy atom. The van der Waals surface area contributed by atoms with Crippen molar-refractivity contribution in [3.05, 3.63) is 53.6 Å². The summed E-state index contributed by atoms with van der Waals surface area (Å²) in [6.07, 6.45) is 0.874. The second kappa shape index (κ2) is 10.8. The quantitative estimate of drug-likeness (QED) is 0.501. The van der Waals surface area contributed by atoms with Crippen molar-refractivity contribution in [1.29, 1.82) is 0 Å². The van der Waals surface area contributed by atoms with Crippen molar-refractivity contribution in [3.63, 3.8) is 0 Å². The Kier molecular flexibility index (Phi) is 8.39. The van der Waals surface area contributed by atoms with Crippen LogP contribution in [-0.2, 0) is 11.8 Å². The minimum absolute atomic E-state index is 0.0492. The average Bonchev–Trinajstić information content (AvgIpc) is 2.77. The lowest BCUT2D eigenvalue weighted by atomic mass is 9.84. The fourth-order valence-electron chi connectivity index (χ4n) is 3.27. The highest BCUT2D eigenvalue weighted by Crippen LogP contribution is 2.28. The molecular weight excluding hydrogens is 378 g/mol. The van der Waals surface area contributed by atoms with Crippen LogP contribution in [0.2, 0.25) is 0 Å². The summed E-state index contributed by atoms with van der Waals surface area (Å²) in [6, 6.07) is 14.3. The molecule has 0 amide bonds. The predicted molar refractivity (Wildman–Crippen MR) is 123 cm³/mol. The molecule has 30 heavy (non-hydrogen) atoms. The number of methoxy groups -OCH3 is 3. The van der Waals surface area contributed by atoms with Crippen molar-refractivity contribution in [2.75, 3.05) is 48.5 Å². The molecule has 2 aromatic carbocycles. The lowest BCUT2D eigenvalue weighted by Gasteiger charge is -2.29. The summed E-state index contributed by atoms with van der Waals surface area (Å²) in [4.78, 5) is 6.59. The van der Waals surface area contributed by atoms with Gasteiger partial charge >= 0.3 is 0 Å². The summed E-state index contributed by atoms with van der Waals surface area (Å²) in [5.74, 6) is 3.24. The summed E-state index contributed by atoms with van der Waals surface area (Å²) in [7, 11) is 8.86. The molecule has 0 spiro atoms.